The Balaban J connectivity index is 1.54. The molecule has 0 bridgehead atoms. The van der Waals surface area contributed by atoms with Crippen molar-refractivity contribution in [2.45, 2.75) is 19.3 Å². The fourth-order valence-electron chi connectivity index (χ4n) is 2.92. The first-order chi connectivity index (χ1) is 13.5. The maximum absolute atomic E-state index is 6.01. The molecule has 0 unspecified atom stereocenters. The maximum atomic E-state index is 6.01. The molecule has 0 saturated heterocycles. The van der Waals surface area contributed by atoms with Gasteiger partial charge in [0.1, 0.15) is 12.1 Å². The molecular weight excluding hydrogens is 374 g/mol. The quantitative estimate of drug-likeness (QED) is 0.487. The molecule has 0 amide bonds. The Hall–Kier alpha value is -3.25. The Morgan fingerprint density at radius 2 is 1.46 bits per heavy atom. The first-order valence-corrected chi connectivity index (χ1v) is 9.13. The van der Waals surface area contributed by atoms with Gasteiger partial charge < -0.3 is 4.74 Å². The molecule has 0 aliphatic heterocycles. The summed E-state index contributed by atoms with van der Waals surface area (Å²) in [5.74, 6) is 1.65. The number of hydrogen-bond acceptors (Lipinski definition) is 5. The monoisotopic (exact) mass is 391 g/mol. The largest absolute Gasteiger partial charge is 0.439 e. The van der Waals surface area contributed by atoms with Gasteiger partial charge in [0, 0.05) is 16.5 Å². The van der Waals surface area contributed by atoms with Gasteiger partial charge in [0.25, 0.3) is 0 Å². The number of ether oxygens (including phenoxy) is 1. The van der Waals surface area contributed by atoms with Crippen LogP contribution in [0.1, 0.15) is 25.0 Å². The average molecular weight is 392 g/mol. The Labute approximate surface area is 167 Å². The van der Waals surface area contributed by atoms with Gasteiger partial charge in [-0.15, -0.1) is 4.80 Å². The summed E-state index contributed by atoms with van der Waals surface area (Å²) < 4.78 is 5.87. The molecule has 0 aliphatic rings. The van der Waals surface area contributed by atoms with Crippen LogP contribution in [0.5, 0.6) is 11.6 Å². The minimum absolute atomic E-state index is 0.156. The number of halogens is 1. The van der Waals surface area contributed by atoms with Gasteiger partial charge >= 0.3 is 0 Å². The summed E-state index contributed by atoms with van der Waals surface area (Å²) in [5, 5.41) is 8.85. The lowest BCUT2D eigenvalue weighted by Gasteiger charge is -2.26. The highest BCUT2D eigenvalue weighted by Crippen LogP contribution is 2.33. The fraction of sp³-hybridized carbons (Fsp3) is 0.143. The Morgan fingerprint density at radius 1 is 0.857 bits per heavy atom. The van der Waals surface area contributed by atoms with Crippen molar-refractivity contribution in [3.05, 3.63) is 89.5 Å². The maximum Gasteiger partial charge on any atom is 0.224 e. The summed E-state index contributed by atoms with van der Waals surface area (Å²) in [6.07, 6.45) is 4.60. The normalized spacial score (nSPS) is 11.4. The topological polar surface area (TPSA) is 65.7 Å². The summed E-state index contributed by atoms with van der Waals surface area (Å²) in [4.78, 5) is 9.71. The molecule has 0 spiro atoms. The van der Waals surface area contributed by atoms with E-state index >= 15 is 0 Å². The summed E-state index contributed by atoms with van der Waals surface area (Å²) in [6, 6.07) is 17.6. The molecule has 0 saturated carbocycles. The predicted molar refractivity (Wildman–Crippen MR) is 107 cm³/mol. The van der Waals surface area contributed by atoms with Crippen LogP contribution in [-0.4, -0.2) is 25.0 Å². The summed E-state index contributed by atoms with van der Waals surface area (Å²) >= 11 is 6.01. The van der Waals surface area contributed by atoms with Crippen LogP contribution in [0.15, 0.2) is 73.3 Å². The molecule has 4 aromatic rings. The van der Waals surface area contributed by atoms with Gasteiger partial charge in [-0.2, -0.15) is 10.2 Å². The van der Waals surface area contributed by atoms with E-state index in [9.17, 15) is 0 Å². The SMILES string of the molecule is CC(C)(c1ccc(Cl)cc1)c1ccc(Oc2cc(-n3nccn3)ncn2)cc1. The fourth-order valence-corrected chi connectivity index (χ4v) is 3.05. The number of nitrogens with zero attached hydrogens (tertiary/aromatic N) is 5. The Kier molecular flexibility index (Phi) is 4.79. The van der Waals surface area contributed by atoms with Crippen LogP contribution in [0.3, 0.4) is 0 Å². The van der Waals surface area contributed by atoms with Crippen LogP contribution in [0.4, 0.5) is 0 Å². The summed E-state index contributed by atoms with van der Waals surface area (Å²) in [5.41, 5.74) is 2.21. The van der Waals surface area contributed by atoms with Crippen molar-refractivity contribution in [3.63, 3.8) is 0 Å². The number of aromatic nitrogens is 5. The van der Waals surface area contributed by atoms with E-state index in [4.69, 9.17) is 16.3 Å². The highest BCUT2D eigenvalue weighted by molar-refractivity contribution is 6.30. The van der Waals surface area contributed by atoms with Crippen molar-refractivity contribution in [1.82, 2.24) is 25.0 Å². The lowest BCUT2D eigenvalue weighted by molar-refractivity contribution is 0.459. The molecule has 2 heterocycles. The second-order valence-corrected chi connectivity index (χ2v) is 7.23. The first kappa shape index (κ1) is 18.1. The third kappa shape index (κ3) is 3.73. The minimum atomic E-state index is -0.156. The lowest BCUT2D eigenvalue weighted by atomic mass is 9.78. The first-order valence-electron chi connectivity index (χ1n) is 8.75. The van der Waals surface area contributed by atoms with Gasteiger partial charge in [-0.05, 0) is 35.4 Å². The van der Waals surface area contributed by atoms with E-state index in [1.165, 1.54) is 22.3 Å². The van der Waals surface area contributed by atoms with E-state index in [2.05, 4.69) is 58.3 Å². The zero-order valence-electron chi connectivity index (χ0n) is 15.5. The van der Waals surface area contributed by atoms with Gasteiger partial charge in [-0.3, -0.25) is 0 Å². The van der Waals surface area contributed by atoms with Gasteiger partial charge in [-0.25, -0.2) is 9.97 Å². The molecule has 2 aromatic carbocycles. The predicted octanol–water partition coefficient (Wildman–Crippen LogP) is 4.83. The van der Waals surface area contributed by atoms with Gasteiger partial charge in [-0.1, -0.05) is 49.7 Å². The molecule has 0 radical (unpaired) electrons. The number of hydrogen-bond donors (Lipinski definition) is 0. The van der Waals surface area contributed by atoms with E-state index in [0.717, 1.165) is 5.02 Å². The van der Waals surface area contributed by atoms with Crippen LogP contribution in [-0.2, 0) is 5.41 Å². The zero-order valence-corrected chi connectivity index (χ0v) is 16.2. The van der Waals surface area contributed by atoms with Crippen LogP contribution >= 0.6 is 11.6 Å². The third-order valence-corrected chi connectivity index (χ3v) is 4.87. The van der Waals surface area contributed by atoms with E-state index < -0.39 is 0 Å². The van der Waals surface area contributed by atoms with E-state index in [1.54, 1.807) is 18.5 Å². The van der Waals surface area contributed by atoms with Crippen LogP contribution in [0.25, 0.3) is 5.82 Å². The molecule has 140 valence electrons. The smallest absolute Gasteiger partial charge is 0.224 e. The van der Waals surface area contributed by atoms with E-state index in [0.29, 0.717) is 17.4 Å². The van der Waals surface area contributed by atoms with Gasteiger partial charge in [0.2, 0.25) is 5.88 Å². The van der Waals surface area contributed by atoms with Crippen molar-refractivity contribution < 1.29 is 4.74 Å². The molecule has 4 rings (SSSR count). The van der Waals surface area contributed by atoms with Crippen molar-refractivity contribution in [1.29, 1.82) is 0 Å². The molecule has 0 N–H and O–H groups in total. The summed E-state index contributed by atoms with van der Waals surface area (Å²) in [6.45, 7) is 4.36. The van der Waals surface area contributed by atoms with Crippen LogP contribution < -0.4 is 4.74 Å². The molecule has 28 heavy (non-hydrogen) atoms. The second-order valence-electron chi connectivity index (χ2n) is 6.79. The van der Waals surface area contributed by atoms with Gasteiger partial charge in [0.05, 0.1) is 12.4 Å². The molecular formula is C21H18ClN5O. The van der Waals surface area contributed by atoms with Crippen molar-refractivity contribution in [2.75, 3.05) is 0 Å². The highest BCUT2D eigenvalue weighted by atomic mass is 35.5. The van der Waals surface area contributed by atoms with Gasteiger partial charge in [0.15, 0.2) is 5.82 Å². The standard InChI is InChI=1S/C21H18ClN5O/c1-21(2,15-3-7-17(22)8-4-15)16-5-9-18(10-6-16)28-20-13-19(23-14-24-20)27-25-11-12-26-27/h3-14H,1-2H3. The minimum Gasteiger partial charge on any atom is -0.439 e. The summed E-state index contributed by atoms with van der Waals surface area (Å²) in [7, 11) is 0. The lowest BCUT2D eigenvalue weighted by Crippen LogP contribution is -2.18. The van der Waals surface area contributed by atoms with Crippen molar-refractivity contribution >= 4 is 11.6 Å². The second kappa shape index (κ2) is 7.40. The van der Waals surface area contributed by atoms with E-state index in [-0.39, 0.29) is 5.41 Å². The number of rotatable bonds is 5. The van der Waals surface area contributed by atoms with E-state index in [1.807, 2.05) is 24.3 Å². The van der Waals surface area contributed by atoms with Crippen LogP contribution in [0, 0.1) is 0 Å². The van der Waals surface area contributed by atoms with Crippen molar-refractivity contribution in [2.24, 2.45) is 0 Å². The molecule has 0 aliphatic carbocycles. The zero-order chi connectivity index (χ0) is 19.6. The molecule has 0 fully saturated rings. The Bertz CT molecular complexity index is 1060. The molecule has 2 aromatic heterocycles. The number of benzene rings is 2. The van der Waals surface area contributed by atoms with Crippen LogP contribution in [0.2, 0.25) is 5.02 Å². The molecule has 6 nitrogen and oxygen atoms in total. The molecule has 7 heteroatoms. The molecule has 0 atom stereocenters. The van der Waals surface area contributed by atoms with Crippen molar-refractivity contribution in [3.8, 4) is 17.4 Å². The third-order valence-electron chi connectivity index (χ3n) is 4.62. The highest BCUT2D eigenvalue weighted by Gasteiger charge is 2.23. The average Bonchev–Trinajstić information content (AvgIpc) is 3.24. The Morgan fingerprint density at radius 3 is 2.11 bits per heavy atom.